The normalized spacial score (nSPS) is 14.2. The van der Waals surface area contributed by atoms with Crippen LogP contribution in [0.15, 0.2) is 47.2 Å². The summed E-state index contributed by atoms with van der Waals surface area (Å²) in [6.07, 6.45) is 2.16. The van der Waals surface area contributed by atoms with Gasteiger partial charge in [-0.3, -0.25) is 0 Å². The Morgan fingerprint density at radius 3 is 2.58 bits per heavy atom. The van der Waals surface area contributed by atoms with Crippen LogP contribution >= 0.6 is 22.6 Å². The van der Waals surface area contributed by atoms with Crippen molar-refractivity contribution in [2.75, 3.05) is 6.54 Å². The van der Waals surface area contributed by atoms with E-state index < -0.39 is 20.5 Å². The standard InChI is InChI=1S/C23H31IN4O4Si/c1-15(32-33(5,6)23(2,3)4)21-25-11-12-28(21)19(14-26-22(29)30)18-13-20(31-27-18)16-7-9-17(24)10-8-16/h7-13,15,19,26H,14H2,1-6H3,(H,29,30)/t15-,19+/m0/s1. The quantitative estimate of drug-likeness (QED) is 0.247. The molecule has 3 aromatic rings. The summed E-state index contributed by atoms with van der Waals surface area (Å²) >= 11 is 2.25. The van der Waals surface area contributed by atoms with E-state index in [-0.39, 0.29) is 17.7 Å². The maximum absolute atomic E-state index is 11.3. The van der Waals surface area contributed by atoms with Crippen LogP contribution in [0.1, 0.15) is 51.4 Å². The Balaban J connectivity index is 1.94. The largest absolute Gasteiger partial charge is 0.465 e. The molecule has 2 N–H and O–H groups in total. The third-order valence-electron chi connectivity index (χ3n) is 6.12. The molecule has 178 valence electrons. The third kappa shape index (κ3) is 6.04. The number of hydrogen-bond donors (Lipinski definition) is 2. The topological polar surface area (TPSA) is 102 Å². The molecule has 2 atom stereocenters. The van der Waals surface area contributed by atoms with Crippen molar-refractivity contribution in [2.24, 2.45) is 0 Å². The Labute approximate surface area is 209 Å². The first-order chi connectivity index (χ1) is 15.4. The fraction of sp³-hybridized carbons (Fsp3) is 0.435. The van der Waals surface area contributed by atoms with Crippen molar-refractivity contribution in [1.82, 2.24) is 20.0 Å². The summed E-state index contributed by atoms with van der Waals surface area (Å²) in [5, 5.41) is 16.0. The summed E-state index contributed by atoms with van der Waals surface area (Å²) in [4.78, 5) is 15.8. The average Bonchev–Trinajstić information content (AvgIpc) is 3.38. The number of aromatic nitrogens is 3. The van der Waals surface area contributed by atoms with Gasteiger partial charge in [0.05, 0.1) is 6.04 Å². The molecule has 0 saturated heterocycles. The lowest BCUT2D eigenvalue weighted by Crippen LogP contribution is -2.42. The van der Waals surface area contributed by atoms with Gasteiger partial charge in [0.25, 0.3) is 0 Å². The third-order valence-corrected chi connectivity index (χ3v) is 11.4. The number of carboxylic acid groups (broad SMARTS) is 1. The molecule has 0 radical (unpaired) electrons. The number of benzene rings is 1. The Morgan fingerprint density at radius 2 is 1.97 bits per heavy atom. The lowest BCUT2D eigenvalue weighted by molar-refractivity contribution is 0.184. The first-order valence-corrected chi connectivity index (χ1v) is 14.8. The summed E-state index contributed by atoms with van der Waals surface area (Å²) in [6, 6.07) is 9.33. The van der Waals surface area contributed by atoms with Crippen LogP contribution in [0.4, 0.5) is 4.79 Å². The van der Waals surface area contributed by atoms with E-state index in [0.717, 1.165) is 15.0 Å². The molecular weight excluding hydrogens is 551 g/mol. The molecule has 1 aromatic carbocycles. The van der Waals surface area contributed by atoms with Crippen LogP contribution < -0.4 is 5.32 Å². The van der Waals surface area contributed by atoms with Gasteiger partial charge < -0.3 is 23.9 Å². The minimum Gasteiger partial charge on any atom is -0.465 e. The number of rotatable bonds is 8. The highest BCUT2D eigenvalue weighted by molar-refractivity contribution is 14.1. The zero-order valence-electron chi connectivity index (χ0n) is 19.8. The van der Waals surface area contributed by atoms with Gasteiger partial charge in [-0.05, 0) is 59.8 Å². The summed E-state index contributed by atoms with van der Waals surface area (Å²) in [6.45, 7) is 13.1. The molecule has 2 heterocycles. The molecule has 0 fully saturated rings. The molecule has 10 heteroatoms. The second-order valence-electron chi connectivity index (χ2n) is 9.54. The van der Waals surface area contributed by atoms with Gasteiger partial charge in [0, 0.05) is 34.1 Å². The van der Waals surface area contributed by atoms with Crippen LogP contribution in [0.25, 0.3) is 11.3 Å². The molecule has 2 aromatic heterocycles. The summed E-state index contributed by atoms with van der Waals surface area (Å²) in [5.41, 5.74) is 1.51. The number of halogens is 1. The predicted molar refractivity (Wildman–Crippen MR) is 138 cm³/mol. The van der Waals surface area contributed by atoms with Crippen molar-refractivity contribution >= 4 is 37.0 Å². The van der Waals surface area contributed by atoms with E-state index >= 15 is 0 Å². The molecular formula is C23H31IN4O4Si. The molecule has 8 nitrogen and oxygen atoms in total. The van der Waals surface area contributed by atoms with E-state index in [2.05, 4.69) is 71.9 Å². The van der Waals surface area contributed by atoms with E-state index in [1.165, 1.54) is 0 Å². The summed E-state index contributed by atoms with van der Waals surface area (Å²) < 4.78 is 15.2. The lowest BCUT2D eigenvalue weighted by Gasteiger charge is -2.38. The van der Waals surface area contributed by atoms with Gasteiger partial charge in [-0.15, -0.1) is 0 Å². The van der Waals surface area contributed by atoms with Gasteiger partial charge in [0.2, 0.25) is 0 Å². The van der Waals surface area contributed by atoms with Crippen molar-refractivity contribution < 1.29 is 18.9 Å². The number of imidazole rings is 1. The second-order valence-corrected chi connectivity index (χ2v) is 15.5. The average molecular weight is 583 g/mol. The van der Waals surface area contributed by atoms with Gasteiger partial charge in [-0.25, -0.2) is 9.78 Å². The minimum atomic E-state index is -2.04. The van der Waals surface area contributed by atoms with Crippen LogP contribution in [0.2, 0.25) is 18.1 Å². The zero-order chi connectivity index (χ0) is 24.4. The maximum atomic E-state index is 11.3. The Kier molecular flexibility index (Phi) is 7.69. The van der Waals surface area contributed by atoms with Gasteiger partial charge in [-0.2, -0.15) is 0 Å². The number of amides is 1. The fourth-order valence-corrected chi connectivity index (χ4v) is 5.00. The maximum Gasteiger partial charge on any atom is 0.404 e. The minimum absolute atomic E-state index is 0.0530. The number of carbonyl (C=O) groups is 1. The number of nitrogens with one attached hydrogen (secondary N) is 1. The Hall–Kier alpha value is -2.18. The van der Waals surface area contributed by atoms with Gasteiger partial charge in [-0.1, -0.05) is 38.1 Å². The molecule has 0 spiro atoms. The summed E-state index contributed by atoms with van der Waals surface area (Å²) in [7, 11) is -2.04. The Morgan fingerprint density at radius 1 is 1.30 bits per heavy atom. The van der Waals surface area contributed by atoms with Crippen molar-refractivity contribution in [3.8, 4) is 11.3 Å². The molecule has 0 saturated carbocycles. The molecule has 0 aliphatic rings. The van der Waals surface area contributed by atoms with Crippen LogP contribution in [-0.2, 0) is 4.43 Å². The SMILES string of the molecule is C[C@H](O[Si](C)(C)C(C)(C)C)c1nccn1[C@H](CNC(=O)O)c1cc(-c2ccc(I)cc2)on1. The van der Waals surface area contributed by atoms with E-state index in [9.17, 15) is 9.90 Å². The van der Waals surface area contributed by atoms with E-state index in [0.29, 0.717) is 11.5 Å². The Bertz CT molecular complexity index is 1090. The van der Waals surface area contributed by atoms with Gasteiger partial charge in [0.1, 0.15) is 17.6 Å². The highest BCUT2D eigenvalue weighted by Crippen LogP contribution is 2.40. The second kappa shape index (κ2) is 9.98. The molecule has 3 rings (SSSR count). The zero-order valence-corrected chi connectivity index (χ0v) is 23.0. The van der Waals surface area contributed by atoms with Crippen LogP contribution in [0.3, 0.4) is 0 Å². The lowest BCUT2D eigenvalue weighted by atomic mass is 10.1. The summed E-state index contributed by atoms with van der Waals surface area (Å²) in [5.74, 6) is 1.34. The molecule has 0 aliphatic carbocycles. The number of nitrogens with zero attached hydrogens (tertiary/aromatic N) is 3. The monoisotopic (exact) mass is 582 g/mol. The van der Waals surface area contributed by atoms with E-state index in [4.69, 9.17) is 8.95 Å². The molecule has 0 bridgehead atoms. The molecule has 0 aliphatic heterocycles. The number of hydrogen-bond acceptors (Lipinski definition) is 5. The molecule has 33 heavy (non-hydrogen) atoms. The van der Waals surface area contributed by atoms with Gasteiger partial charge in [0.15, 0.2) is 14.1 Å². The van der Waals surface area contributed by atoms with E-state index in [1.54, 1.807) is 6.20 Å². The van der Waals surface area contributed by atoms with Crippen LogP contribution in [0.5, 0.6) is 0 Å². The van der Waals surface area contributed by atoms with Gasteiger partial charge >= 0.3 is 6.09 Å². The highest BCUT2D eigenvalue weighted by Gasteiger charge is 2.39. The first kappa shape index (κ1) is 25.4. The van der Waals surface area contributed by atoms with Crippen molar-refractivity contribution in [3.05, 3.63) is 57.8 Å². The predicted octanol–water partition coefficient (Wildman–Crippen LogP) is 6.08. The van der Waals surface area contributed by atoms with Crippen molar-refractivity contribution in [1.29, 1.82) is 0 Å². The van der Waals surface area contributed by atoms with Crippen LogP contribution in [0, 0.1) is 3.57 Å². The highest BCUT2D eigenvalue weighted by atomic mass is 127. The molecule has 0 unspecified atom stereocenters. The first-order valence-electron chi connectivity index (χ1n) is 10.8. The fourth-order valence-electron chi connectivity index (χ4n) is 3.30. The van der Waals surface area contributed by atoms with Crippen molar-refractivity contribution in [3.63, 3.8) is 0 Å². The van der Waals surface area contributed by atoms with Crippen molar-refractivity contribution in [2.45, 2.75) is 58.0 Å². The smallest absolute Gasteiger partial charge is 0.404 e. The molecule has 1 amide bonds. The van der Waals surface area contributed by atoms with Crippen LogP contribution in [-0.4, -0.2) is 40.8 Å². The van der Waals surface area contributed by atoms with E-state index in [1.807, 2.05) is 48.0 Å².